The highest BCUT2D eigenvalue weighted by molar-refractivity contribution is 5.85. The van der Waals surface area contributed by atoms with E-state index in [9.17, 15) is 14.4 Å². The third kappa shape index (κ3) is 3.45. The number of carbonyl (C=O) groups excluding carboxylic acids is 2. The lowest BCUT2D eigenvalue weighted by Crippen LogP contribution is -2.47. The van der Waals surface area contributed by atoms with E-state index in [4.69, 9.17) is 5.11 Å². The predicted octanol–water partition coefficient (Wildman–Crippen LogP) is 0.322. The minimum absolute atomic E-state index is 0.0556. The molecule has 2 amide bonds. The molecule has 0 atom stereocenters. The predicted molar refractivity (Wildman–Crippen MR) is 67.4 cm³/mol. The molecule has 0 aromatic rings. The van der Waals surface area contributed by atoms with Crippen LogP contribution in [0, 0.1) is 5.92 Å². The fraction of sp³-hybridized carbons (Fsp3) is 0.769. The van der Waals surface area contributed by atoms with Gasteiger partial charge in [-0.15, -0.1) is 0 Å². The van der Waals surface area contributed by atoms with Crippen LogP contribution in [0.4, 0.5) is 0 Å². The van der Waals surface area contributed by atoms with Crippen molar-refractivity contribution in [2.75, 3.05) is 26.2 Å². The lowest BCUT2D eigenvalue weighted by Gasteiger charge is -2.33. The van der Waals surface area contributed by atoms with Crippen molar-refractivity contribution in [2.24, 2.45) is 5.92 Å². The largest absolute Gasteiger partial charge is 0.481 e. The highest BCUT2D eigenvalue weighted by atomic mass is 16.4. The van der Waals surface area contributed by atoms with Crippen molar-refractivity contribution in [1.82, 2.24) is 9.80 Å². The van der Waals surface area contributed by atoms with Gasteiger partial charge in [-0.05, 0) is 25.7 Å². The van der Waals surface area contributed by atoms with Crippen molar-refractivity contribution in [3.63, 3.8) is 0 Å². The summed E-state index contributed by atoms with van der Waals surface area (Å²) in [7, 11) is 0. The zero-order chi connectivity index (χ0) is 13.8. The van der Waals surface area contributed by atoms with Gasteiger partial charge < -0.3 is 14.9 Å². The molecule has 2 fully saturated rings. The Labute approximate surface area is 112 Å². The molecule has 2 rings (SSSR count). The number of nitrogens with zero attached hydrogens (tertiary/aromatic N) is 2. The summed E-state index contributed by atoms with van der Waals surface area (Å²) in [6, 6.07) is 0. The third-order valence-corrected chi connectivity index (χ3v) is 3.94. The molecular formula is C13H20N2O4. The highest BCUT2D eigenvalue weighted by Gasteiger charge is 2.29. The number of carboxylic acids is 1. The second-order valence-electron chi connectivity index (χ2n) is 5.27. The molecule has 0 aliphatic carbocycles. The molecule has 6 heteroatoms. The van der Waals surface area contributed by atoms with Gasteiger partial charge in [0, 0.05) is 26.1 Å². The Balaban J connectivity index is 1.81. The average molecular weight is 268 g/mol. The molecule has 2 saturated heterocycles. The van der Waals surface area contributed by atoms with Crippen molar-refractivity contribution in [2.45, 2.75) is 32.1 Å². The van der Waals surface area contributed by atoms with Crippen molar-refractivity contribution < 1.29 is 19.5 Å². The van der Waals surface area contributed by atoms with E-state index >= 15 is 0 Å². The molecule has 0 spiro atoms. The van der Waals surface area contributed by atoms with Gasteiger partial charge in [0.15, 0.2) is 0 Å². The van der Waals surface area contributed by atoms with Crippen molar-refractivity contribution >= 4 is 17.8 Å². The fourth-order valence-corrected chi connectivity index (χ4v) is 2.67. The van der Waals surface area contributed by atoms with Crippen molar-refractivity contribution in [3.05, 3.63) is 0 Å². The summed E-state index contributed by atoms with van der Waals surface area (Å²) in [6.07, 6.45) is 3.42. The molecule has 0 aromatic heterocycles. The van der Waals surface area contributed by atoms with Gasteiger partial charge in [-0.3, -0.25) is 14.4 Å². The SMILES string of the molecule is O=C(O)C1CCN(C(=O)CN2CCCCC2=O)CC1. The Morgan fingerprint density at radius 1 is 1.16 bits per heavy atom. The summed E-state index contributed by atoms with van der Waals surface area (Å²) in [4.78, 5) is 37.8. The summed E-state index contributed by atoms with van der Waals surface area (Å²) in [5.74, 6) is -1.11. The van der Waals surface area contributed by atoms with E-state index in [2.05, 4.69) is 0 Å². The quantitative estimate of drug-likeness (QED) is 0.799. The normalized spacial score (nSPS) is 21.6. The second kappa shape index (κ2) is 6.04. The van der Waals surface area contributed by atoms with E-state index in [1.807, 2.05) is 0 Å². The molecule has 0 aromatic carbocycles. The molecular weight excluding hydrogens is 248 g/mol. The van der Waals surface area contributed by atoms with Crippen LogP contribution in [0.25, 0.3) is 0 Å². The first kappa shape index (κ1) is 13.8. The summed E-state index contributed by atoms with van der Waals surface area (Å²) < 4.78 is 0. The van der Waals surface area contributed by atoms with Crippen LogP contribution >= 0.6 is 0 Å². The maximum absolute atomic E-state index is 12.1. The number of piperidine rings is 2. The molecule has 6 nitrogen and oxygen atoms in total. The number of amides is 2. The van der Waals surface area contributed by atoms with Crippen LogP contribution in [-0.4, -0.2) is 58.9 Å². The van der Waals surface area contributed by atoms with Crippen LogP contribution in [0.15, 0.2) is 0 Å². The number of rotatable bonds is 3. The minimum atomic E-state index is -0.779. The topological polar surface area (TPSA) is 77.9 Å². The van der Waals surface area contributed by atoms with Crippen molar-refractivity contribution in [1.29, 1.82) is 0 Å². The molecule has 1 N–H and O–H groups in total. The maximum atomic E-state index is 12.1. The zero-order valence-electron chi connectivity index (χ0n) is 11.0. The number of carboxylic acid groups (broad SMARTS) is 1. The molecule has 106 valence electrons. The summed E-state index contributed by atoms with van der Waals surface area (Å²) in [5.41, 5.74) is 0. The monoisotopic (exact) mass is 268 g/mol. The molecule has 0 bridgehead atoms. The maximum Gasteiger partial charge on any atom is 0.306 e. The van der Waals surface area contributed by atoms with Gasteiger partial charge >= 0.3 is 5.97 Å². The first-order valence-electron chi connectivity index (χ1n) is 6.86. The summed E-state index contributed by atoms with van der Waals surface area (Å²) >= 11 is 0. The smallest absolute Gasteiger partial charge is 0.306 e. The van der Waals surface area contributed by atoms with Gasteiger partial charge in [-0.2, -0.15) is 0 Å². The van der Waals surface area contributed by atoms with E-state index in [0.29, 0.717) is 38.9 Å². The van der Waals surface area contributed by atoms with Gasteiger partial charge in [0.05, 0.1) is 12.5 Å². The van der Waals surface area contributed by atoms with E-state index < -0.39 is 5.97 Å². The lowest BCUT2D eigenvalue weighted by atomic mass is 9.97. The van der Waals surface area contributed by atoms with Gasteiger partial charge in [-0.1, -0.05) is 0 Å². The van der Waals surface area contributed by atoms with Crippen molar-refractivity contribution in [3.8, 4) is 0 Å². The summed E-state index contributed by atoms with van der Waals surface area (Å²) in [5, 5.41) is 8.90. The Morgan fingerprint density at radius 3 is 2.42 bits per heavy atom. The first-order valence-corrected chi connectivity index (χ1v) is 6.86. The second-order valence-corrected chi connectivity index (χ2v) is 5.27. The van der Waals surface area contributed by atoms with Gasteiger partial charge in [0.2, 0.25) is 11.8 Å². The molecule has 2 aliphatic rings. The molecule has 0 radical (unpaired) electrons. The van der Waals surface area contributed by atoms with Gasteiger partial charge in [0.25, 0.3) is 0 Å². The fourth-order valence-electron chi connectivity index (χ4n) is 2.67. The van der Waals surface area contributed by atoms with Gasteiger partial charge in [0.1, 0.15) is 0 Å². The van der Waals surface area contributed by atoms with Gasteiger partial charge in [-0.25, -0.2) is 0 Å². The zero-order valence-corrected chi connectivity index (χ0v) is 11.0. The Morgan fingerprint density at radius 2 is 1.84 bits per heavy atom. The van der Waals surface area contributed by atoms with Crippen LogP contribution in [-0.2, 0) is 14.4 Å². The Kier molecular flexibility index (Phi) is 4.39. The number of carbonyl (C=O) groups is 3. The lowest BCUT2D eigenvalue weighted by molar-refractivity contribution is -0.147. The molecule has 19 heavy (non-hydrogen) atoms. The molecule has 2 heterocycles. The van der Waals surface area contributed by atoms with E-state index in [1.165, 1.54) is 0 Å². The van der Waals surface area contributed by atoms with E-state index in [-0.39, 0.29) is 24.3 Å². The van der Waals surface area contributed by atoms with Crippen LogP contribution in [0.1, 0.15) is 32.1 Å². The molecule has 0 unspecified atom stereocenters. The number of likely N-dealkylation sites (tertiary alicyclic amines) is 2. The third-order valence-electron chi connectivity index (χ3n) is 3.94. The van der Waals surface area contributed by atoms with E-state index in [0.717, 1.165) is 12.8 Å². The van der Waals surface area contributed by atoms with Crippen LogP contribution in [0.3, 0.4) is 0 Å². The average Bonchev–Trinajstić information content (AvgIpc) is 2.41. The Bertz CT molecular complexity index is 375. The standard InChI is InChI=1S/C13H20N2O4/c16-11-3-1-2-6-15(11)9-12(17)14-7-4-10(5-8-14)13(18)19/h10H,1-9H2,(H,18,19). The number of hydrogen-bond donors (Lipinski definition) is 1. The highest BCUT2D eigenvalue weighted by Crippen LogP contribution is 2.18. The van der Waals surface area contributed by atoms with Crippen LogP contribution in [0.2, 0.25) is 0 Å². The molecule has 0 saturated carbocycles. The van der Waals surface area contributed by atoms with Crippen LogP contribution in [0.5, 0.6) is 0 Å². The number of aliphatic carboxylic acids is 1. The van der Waals surface area contributed by atoms with Crippen LogP contribution < -0.4 is 0 Å². The minimum Gasteiger partial charge on any atom is -0.481 e. The first-order chi connectivity index (χ1) is 9.08. The van der Waals surface area contributed by atoms with E-state index in [1.54, 1.807) is 9.80 Å². The molecule has 2 aliphatic heterocycles. The summed E-state index contributed by atoms with van der Waals surface area (Å²) in [6.45, 7) is 1.78. The Hall–Kier alpha value is -1.59. The number of hydrogen-bond acceptors (Lipinski definition) is 3.